The monoisotopic (exact) mass is 368 g/mol. The molecule has 0 saturated carbocycles. The van der Waals surface area contributed by atoms with Gasteiger partial charge in [0.1, 0.15) is 0 Å². The summed E-state index contributed by atoms with van der Waals surface area (Å²) >= 11 is 0. The van der Waals surface area contributed by atoms with Gasteiger partial charge < -0.3 is 19.3 Å². The third kappa shape index (κ3) is 5.99. The molecule has 2 aromatic carbocycles. The summed E-state index contributed by atoms with van der Waals surface area (Å²) in [5.74, 6) is -2.91. The Bertz CT molecular complexity index is 850. The summed E-state index contributed by atoms with van der Waals surface area (Å²) in [7, 11) is 0. The Balaban J connectivity index is 1.79. The molecular formula is C20H16O7. The lowest BCUT2D eigenvalue weighted by molar-refractivity contribution is -0.158. The number of benzene rings is 2. The molecule has 0 aliphatic heterocycles. The highest BCUT2D eigenvalue weighted by Gasteiger charge is 2.21. The predicted octanol–water partition coefficient (Wildman–Crippen LogP) is 1.97. The van der Waals surface area contributed by atoms with Crippen LogP contribution in [0.2, 0.25) is 0 Å². The number of carbonyl (C=O) groups is 3. The topological polar surface area (TPSA) is 99.1 Å². The maximum Gasteiger partial charge on any atom is 0.382 e. The number of aliphatic hydroxyl groups excluding tert-OH is 1. The standard InChI is InChI=1S/C20H16O7/c1-14(27-20(24)18(22)16-10-6-3-7-11-16)25-12-13-26-19(23)17(21)15-8-4-2-5-9-15/h2-11,14,17,21H,1H3. The van der Waals surface area contributed by atoms with Crippen LogP contribution >= 0.6 is 0 Å². The Labute approximate surface area is 155 Å². The maximum absolute atomic E-state index is 11.8. The number of ketones is 1. The fourth-order valence-corrected chi connectivity index (χ4v) is 1.94. The van der Waals surface area contributed by atoms with Crippen molar-refractivity contribution in [3.8, 4) is 12.2 Å². The number of hydrogen-bond donors (Lipinski definition) is 1. The average Bonchev–Trinajstić information content (AvgIpc) is 2.71. The fraction of sp³-hybridized carbons (Fsp3) is 0.150. The normalized spacial score (nSPS) is 11.9. The van der Waals surface area contributed by atoms with Gasteiger partial charge >= 0.3 is 11.9 Å². The first-order valence-corrected chi connectivity index (χ1v) is 7.88. The highest BCUT2D eigenvalue weighted by atomic mass is 16.7. The molecule has 0 aliphatic carbocycles. The number of rotatable bonds is 6. The summed E-state index contributed by atoms with van der Waals surface area (Å²) in [4.78, 5) is 35.2. The molecule has 0 aliphatic rings. The number of hydrogen-bond acceptors (Lipinski definition) is 7. The van der Waals surface area contributed by atoms with Gasteiger partial charge in [0, 0.05) is 12.5 Å². The average molecular weight is 368 g/mol. The van der Waals surface area contributed by atoms with Gasteiger partial charge in [-0.2, -0.15) is 0 Å². The molecule has 2 atom stereocenters. The Kier molecular flexibility index (Phi) is 7.11. The number of aliphatic hydroxyl groups is 1. The summed E-state index contributed by atoms with van der Waals surface area (Å²) in [5.41, 5.74) is 0.538. The lowest BCUT2D eigenvalue weighted by atomic mass is 10.1. The van der Waals surface area contributed by atoms with Crippen LogP contribution in [0.3, 0.4) is 0 Å². The Morgan fingerprint density at radius 3 is 2.15 bits per heavy atom. The molecule has 0 aromatic heterocycles. The van der Waals surface area contributed by atoms with E-state index in [0.29, 0.717) is 5.56 Å². The second kappa shape index (κ2) is 9.75. The highest BCUT2D eigenvalue weighted by molar-refractivity contribution is 6.40. The van der Waals surface area contributed by atoms with Gasteiger partial charge in [0.05, 0.1) is 0 Å². The Hall–Kier alpha value is -3.63. The highest BCUT2D eigenvalue weighted by Crippen LogP contribution is 2.13. The molecular weight excluding hydrogens is 352 g/mol. The predicted molar refractivity (Wildman–Crippen MR) is 92.7 cm³/mol. The van der Waals surface area contributed by atoms with E-state index in [2.05, 4.69) is 4.74 Å². The first kappa shape index (κ1) is 19.7. The molecule has 2 aromatic rings. The first-order chi connectivity index (χ1) is 13.0. The molecule has 7 heteroatoms. The first-order valence-electron chi connectivity index (χ1n) is 7.88. The van der Waals surface area contributed by atoms with Gasteiger partial charge in [0.25, 0.3) is 12.1 Å². The van der Waals surface area contributed by atoms with E-state index >= 15 is 0 Å². The van der Waals surface area contributed by atoms with Crippen LogP contribution in [-0.2, 0) is 23.8 Å². The van der Waals surface area contributed by atoms with Gasteiger partial charge in [0.2, 0.25) is 0 Å². The van der Waals surface area contributed by atoms with Crippen molar-refractivity contribution in [2.24, 2.45) is 0 Å². The van der Waals surface area contributed by atoms with Crippen molar-refractivity contribution in [2.45, 2.75) is 19.3 Å². The van der Waals surface area contributed by atoms with Gasteiger partial charge in [0.15, 0.2) is 18.3 Å². The van der Waals surface area contributed by atoms with Crippen molar-refractivity contribution in [2.75, 3.05) is 0 Å². The molecule has 0 bridgehead atoms. The van der Waals surface area contributed by atoms with E-state index < -0.39 is 30.1 Å². The minimum atomic E-state index is -1.49. The molecule has 27 heavy (non-hydrogen) atoms. The van der Waals surface area contributed by atoms with E-state index in [4.69, 9.17) is 9.47 Å². The van der Waals surface area contributed by atoms with Gasteiger partial charge in [-0.05, 0) is 5.56 Å². The molecule has 0 saturated heterocycles. The SMILES string of the molecule is CC(OC#COC(=O)C(O)c1ccccc1)OC(=O)C(=O)c1ccccc1. The van der Waals surface area contributed by atoms with E-state index in [-0.39, 0.29) is 5.56 Å². The molecule has 0 amide bonds. The van der Waals surface area contributed by atoms with E-state index in [9.17, 15) is 19.5 Å². The summed E-state index contributed by atoms with van der Waals surface area (Å²) < 4.78 is 14.2. The smallest absolute Gasteiger partial charge is 0.382 e. The lowest BCUT2D eigenvalue weighted by Gasteiger charge is -2.09. The third-order valence-corrected chi connectivity index (χ3v) is 3.25. The lowest BCUT2D eigenvalue weighted by Crippen LogP contribution is -2.23. The van der Waals surface area contributed by atoms with Crippen LogP contribution in [0.5, 0.6) is 0 Å². The molecule has 1 N–H and O–H groups in total. The van der Waals surface area contributed by atoms with Crippen LogP contribution in [0.4, 0.5) is 0 Å². The van der Waals surface area contributed by atoms with Crippen molar-refractivity contribution < 1.29 is 33.7 Å². The minimum absolute atomic E-state index is 0.185. The summed E-state index contributed by atoms with van der Waals surface area (Å²) in [6, 6.07) is 16.1. The van der Waals surface area contributed by atoms with Crippen molar-refractivity contribution in [3.63, 3.8) is 0 Å². The van der Waals surface area contributed by atoms with Crippen LogP contribution in [0, 0.1) is 12.2 Å². The van der Waals surface area contributed by atoms with Crippen molar-refractivity contribution in [1.82, 2.24) is 0 Å². The summed E-state index contributed by atoms with van der Waals surface area (Å²) in [6.45, 7) is 1.34. The van der Waals surface area contributed by atoms with Gasteiger partial charge in [-0.25, -0.2) is 9.59 Å². The van der Waals surface area contributed by atoms with Crippen LogP contribution in [0.25, 0.3) is 0 Å². The number of carbonyl (C=O) groups excluding carboxylic acids is 3. The Morgan fingerprint density at radius 1 is 0.926 bits per heavy atom. The van der Waals surface area contributed by atoms with Crippen molar-refractivity contribution in [1.29, 1.82) is 0 Å². The molecule has 2 rings (SSSR count). The maximum atomic E-state index is 11.8. The molecule has 0 fully saturated rings. The van der Waals surface area contributed by atoms with Crippen molar-refractivity contribution in [3.05, 3.63) is 71.8 Å². The number of ether oxygens (including phenoxy) is 3. The zero-order valence-electron chi connectivity index (χ0n) is 14.3. The minimum Gasteiger partial charge on any atom is -0.419 e. The van der Waals surface area contributed by atoms with Crippen LogP contribution in [0.15, 0.2) is 60.7 Å². The molecule has 2 unspecified atom stereocenters. The molecule has 0 spiro atoms. The van der Waals surface area contributed by atoms with E-state index in [1.54, 1.807) is 48.5 Å². The van der Waals surface area contributed by atoms with E-state index in [0.717, 1.165) is 0 Å². The van der Waals surface area contributed by atoms with Gasteiger partial charge in [-0.15, -0.1) is 0 Å². The fourth-order valence-electron chi connectivity index (χ4n) is 1.94. The quantitative estimate of drug-likeness (QED) is 0.274. The summed E-state index contributed by atoms with van der Waals surface area (Å²) in [6.07, 6.45) is 1.30. The second-order valence-electron chi connectivity index (χ2n) is 5.22. The molecule has 7 nitrogen and oxygen atoms in total. The van der Waals surface area contributed by atoms with Crippen molar-refractivity contribution >= 4 is 17.7 Å². The van der Waals surface area contributed by atoms with Gasteiger partial charge in [-0.3, -0.25) is 4.79 Å². The van der Waals surface area contributed by atoms with E-state index in [1.165, 1.54) is 19.1 Å². The second-order valence-corrected chi connectivity index (χ2v) is 5.22. The van der Waals surface area contributed by atoms with Crippen LogP contribution in [0.1, 0.15) is 28.9 Å². The Morgan fingerprint density at radius 2 is 1.52 bits per heavy atom. The zero-order chi connectivity index (χ0) is 19.6. The number of Topliss-reactive ketones (excluding diaryl/α,β-unsaturated/α-hetero) is 1. The van der Waals surface area contributed by atoms with Crippen LogP contribution in [-0.4, -0.2) is 29.1 Å². The largest absolute Gasteiger partial charge is 0.419 e. The summed E-state index contributed by atoms with van der Waals surface area (Å²) in [5, 5.41) is 9.80. The third-order valence-electron chi connectivity index (χ3n) is 3.25. The van der Waals surface area contributed by atoms with E-state index in [1.807, 2.05) is 12.2 Å². The number of esters is 2. The molecule has 0 radical (unpaired) electrons. The molecule has 138 valence electrons. The van der Waals surface area contributed by atoms with Gasteiger partial charge in [-0.1, -0.05) is 60.7 Å². The zero-order valence-corrected chi connectivity index (χ0v) is 14.3. The molecule has 0 heterocycles. The van der Waals surface area contributed by atoms with Crippen LogP contribution < -0.4 is 0 Å².